The van der Waals surface area contributed by atoms with Gasteiger partial charge in [0.1, 0.15) is 11.6 Å². The van der Waals surface area contributed by atoms with E-state index in [-0.39, 0.29) is 5.56 Å². The molecule has 88 valence electrons. The van der Waals surface area contributed by atoms with E-state index in [9.17, 15) is 8.78 Å². The third kappa shape index (κ3) is 2.49. The van der Waals surface area contributed by atoms with Gasteiger partial charge in [-0.15, -0.1) is 0 Å². The van der Waals surface area contributed by atoms with Crippen molar-refractivity contribution >= 4 is 0 Å². The van der Waals surface area contributed by atoms with E-state index in [1.165, 1.54) is 0 Å². The molecule has 2 aromatic rings. The molecule has 0 aliphatic carbocycles. The quantitative estimate of drug-likeness (QED) is 0.632. The van der Waals surface area contributed by atoms with Crippen molar-refractivity contribution in [1.29, 1.82) is 0 Å². The molecule has 0 unspecified atom stereocenters. The standard InChI is InChI=1S/C13H12F2N2/c14-10-6-7-12(15)11(8-10)13(17-16)9-4-2-1-3-5-9/h1-8,13,17H,16H2/t13-/m1/s1. The minimum atomic E-state index is -0.563. The zero-order valence-electron chi connectivity index (χ0n) is 9.03. The van der Waals surface area contributed by atoms with Crippen LogP contribution >= 0.6 is 0 Å². The van der Waals surface area contributed by atoms with Crippen LogP contribution in [0.3, 0.4) is 0 Å². The molecule has 0 radical (unpaired) electrons. The summed E-state index contributed by atoms with van der Waals surface area (Å²) in [5.41, 5.74) is 3.47. The van der Waals surface area contributed by atoms with Gasteiger partial charge in [-0.25, -0.2) is 14.2 Å². The number of nitrogens with one attached hydrogen (secondary N) is 1. The minimum absolute atomic E-state index is 0.193. The Morgan fingerprint density at radius 3 is 2.35 bits per heavy atom. The molecule has 0 saturated carbocycles. The predicted molar refractivity (Wildman–Crippen MR) is 62.0 cm³/mol. The molecular formula is C13H12F2N2. The third-order valence-electron chi connectivity index (χ3n) is 2.57. The molecule has 0 saturated heterocycles. The van der Waals surface area contributed by atoms with E-state index in [2.05, 4.69) is 5.43 Å². The molecule has 1 atom stereocenters. The molecule has 0 aliphatic heterocycles. The number of hydrogen-bond acceptors (Lipinski definition) is 2. The van der Waals surface area contributed by atoms with Gasteiger partial charge in [-0.3, -0.25) is 5.84 Å². The highest BCUT2D eigenvalue weighted by atomic mass is 19.1. The molecule has 0 bridgehead atoms. The average Bonchev–Trinajstić information content (AvgIpc) is 2.36. The number of nitrogens with two attached hydrogens (primary N) is 1. The van der Waals surface area contributed by atoms with E-state index in [1.807, 2.05) is 18.2 Å². The maximum Gasteiger partial charge on any atom is 0.128 e. The predicted octanol–water partition coefficient (Wildman–Crippen LogP) is 2.52. The summed E-state index contributed by atoms with van der Waals surface area (Å²) in [6.07, 6.45) is 0. The molecule has 2 aromatic carbocycles. The molecule has 0 aromatic heterocycles. The van der Waals surface area contributed by atoms with Crippen LogP contribution in [0.15, 0.2) is 48.5 Å². The van der Waals surface area contributed by atoms with Gasteiger partial charge in [0.15, 0.2) is 0 Å². The van der Waals surface area contributed by atoms with Crippen LogP contribution in [0.5, 0.6) is 0 Å². The molecule has 0 aliphatic rings. The zero-order valence-corrected chi connectivity index (χ0v) is 9.03. The van der Waals surface area contributed by atoms with E-state index in [4.69, 9.17) is 5.84 Å². The van der Waals surface area contributed by atoms with Crippen molar-refractivity contribution in [2.45, 2.75) is 6.04 Å². The summed E-state index contributed by atoms with van der Waals surface area (Å²) in [6, 6.07) is 11.8. The molecule has 2 nitrogen and oxygen atoms in total. The molecule has 3 N–H and O–H groups in total. The number of benzene rings is 2. The highest BCUT2D eigenvalue weighted by Gasteiger charge is 2.16. The highest BCUT2D eigenvalue weighted by molar-refractivity contribution is 5.32. The first-order valence-corrected chi connectivity index (χ1v) is 5.18. The fourth-order valence-electron chi connectivity index (χ4n) is 1.75. The average molecular weight is 234 g/mol. The summed E-state index contributed by atoms with van der Waals surface area (Å²) < 4.78 is 26.8. The van der Waals surface area contributed by atoms with Crippen molar-refractivity contribution in [1.82, 2.24) is 5.43 Å². The van der Waals surface area contributed by atoms with Gasteiger partial charge in [0.25, 0.3) is 0 Å². The van der Waals surface area contributed by atoms with Crippen LogP contribution in [0, 0.1) is 11.6 Å². The van der Waals surface area contributed by atoms with Crippen LogP contribution in [0.2, 0.25) is 0 Å². The van der Waals surface area contributed by atoms with Crippen LogP contribution in [0.4, 0.5) is 8.78 Å². The van der Waals surface area contributed by atoms with E-state index in [0.717, 1.165) is 23.8 Å². The summed E-state index contributed by atoms with van der Waals surface area (Å²) in [4.78, 5) is 0. The lowest BCUT2D eigenvalue weighted by atomic mass is 9.99. The molecule has 0 spiro atoms. The summed E-state index contributed by atoms with van der Waals surface area (Å²) in [7, 11) is 0. The second kappa shape index (κ2) is 5.03. The van der Waals surface area contributed by atoms with E-state index in [0.29, 0.717) is 0 Å². The Morgan fingerprint density at radius 2 is 1.71 bits per heavy atom. The maximum absolute atomic E-state index is 13.6. The summed E-state index contributed by atoms with van der Waals surface area (Å²) in [6.45, 7) is 0. The Labute approximate surface area is 98.0 Å². The molecule has 4 heteroatoms. The van der Waals surface area contributed by atoms with Gasteiger partial charge in [0.2, 0.25) is 0 Å². The molecule has 2 rings (SSSR count). The monoisotopic (exact) mass is 234 g/mol. The fourth-order valence-corrected chi connectivity index (χ4v) is 1.75. The van der Waals surface area contributed by atoms with Crippen molar-refractivity contribution in [3.05, 3.63) is 71.3 Å². The largest absolute Gasteiger partial charge is 0.271 e. The van der Waals surface area contributed by atoms with Crippen molar-refractivity contribution in [2.75, 3.05) is 0 Å². The number of halogens is 2. The molecule has 0 fully saturated rings. The summed E-state index contributed by atoms with van der Waals surface area (Å²) in [5, 5.41) is 0. The summed E-state index contributed by atoms with van der Waals surface area (Å²) in [5.74, 6) is 4.44. The van der Waals surface area contributed by atoms with Gasteiger partial charge in [-0.2, -0.15) is 0 Å². The van der Waals surface area contributed by atoms with Crippen molar-refractivity contribution in [3.63, 3.8) is 0 Å². The summed E-state index contributed by atoms with van der Waals surface area (Å²) >= 11 is 0. The lowest BCUT2D eigenvalue weighted by molar-refractivity contribution is 0.545. The second-order valence-electron chi connectivity index (χ2n) is 3.68. The first-order chi connectivity index (χ1) is 8.22. The molecular weight excluding hydrogens is 222 g/mol. The Bertz CT molecular complexity index is 500. The van der Waals surface area contributed by atoms with Gasteiger partial charge in [0.05, 0.1) is 6.04 Å². The van der Waals surface area contributed by atoms with Crippen molar-refractivity contribution in [2.24, 2.45) is 5.84 Å². The Balaban J connectivity index is 2.46. The van der Waals surface area contributed by atoms with Gasteiger partial charge in [-0.05, 0) is 23.8 Å². The van der Waals surface area contributed by atoms with Crippen molar-refractivity contribution < 1.29 is 8.78 Å². The first-order valence-electron chi connectivity index (χ1n) is 5.18. The molecule has 17 heavy (non-hydrogen) atoms. The van der Waals surface area contributed by atoms with Crippen LogP contribution in [-0.4, -0.2) is 0 Å². The second-order valence-corrected chi connectivity index (χ2v) is 3.68. The topological polar surface area (TPSA) is 38.0 Å². The Hall–Kier alpha value is -1.78. The normalized spacial score (nSPS) is 12.4. The van der Waals surface area contributed by atoms with E-state index < -0.39 is 17.7 Å². The maximum atomic E-state index is 13.6. The van der Waals surface area contributed by atoms with Gasteiger partial charge < -0.3 is 0 Å². The van der Waals surface area contributed by atoms with Gasteiger partial charge in [0, 0.05) is 5.56 Å². The van der Waals surface area contributed by atoms with Crippen molar-refractivity contribution in [3.8, 4) is 0 Å². The molecule has 0 amide bonds. The highest BCUT2D eigenvalue weighted by Crippen LogP contribution is 2.24. The van der Waals surface area contributed by atoms with Gasteiger partial charge >= 0.3 is 0 Å². The fraction of sp³-hybridized carbons (Fsp3) is 0.0769. The van der Waals surface area contributed by atoms with Crippen LogP contribution in [-0.2, 0) is 0 Å². The van der Waals surface area contributed by atoms with Crippen LogP contribution in [0.25, 0.3) is 0 Å². The number of rotatable bonds is 3. The number of hydrazine groups is 1. The van der Waals surface area contributed by atoms with Gasteiger partial charge in [-0.1, -0.05) is 30.3 Å². The third-order valence-corrected chi connectivity index (χ3v) is 2.57. The first kappa shape index (κ1) is 11.7. The van der Waals surface area contributed by atoms with Crippen LogP contribution < -0.4 is 11.3 Å². The Morgan fingerprint density at radius 1 is 1.00 bits per heavy atom. The molecule has 0 heterocycles. The minimum Gasteiger partial charge on any atom is -0.271 e. The van der Waals surface area contributed by atoms with Crippen LogP contribution in [0.1, 0.15) is 17.2 Å². The number of hydrogen-bond donors (Lipinski definition) is 2. The lowest BCUT2D eigenvalue weighted by Gasteiger charge is -2.17. The zero-order chi connectivity index (χ0) is 12.3. The van der Waals surface area contributed by atoms with E-state index >= 15 is 0 Å². The SMILES string of the molecule is NN[C@H](c1ccccc1)c1cc(F)ccc1F. The Kier molecular flexibility index (Phi) is 3.46. The van der Waals surface area contributed by atoms with E-state index in [1.54, 1.807) is 12.1 Å². The lowest BCUT2D eigenvalue weighted by Crippen LogP contribution is -2.29. The smallest absolute Gasteiger partial charge is 0.128 e.